The second-order valence-corrected chi connectivity index (χ2v) is 7.21. The summed E-state index contributed by atoms with van der Waals surface area (Å²) in [5, 5.41) is 15.5. The fourth-order valence-corrected chi connectivity index (χ4v) is 3.21. The van der Waals surface area contributed by atoms with E-state index in [-0.39, 0.29) is 12.3 Å². The van der Waals surface area contributed by atoms with Crippen molar-refractivity contribution >= 4 is 46.2 Å². The predicted molar refractivity (Wildman–Crippen MR) is 113 cm³/mol. The Morgan fingerprint density at radius 2 is 1.61 bits per heavy atom. The summed E-state index contributed by atoms with van der Waals surface area (Å²) in [6, 6.07) is 16.9. The van der Waals surface area contributed by atoms with Crippen molar-refractivity contribution in [3.05, 3.63) is 97.0 Å². The first-order valence-corrected chi connectivity index (χ1v) is 9.39. The lowest BCUT2D eigenvalue weighted by Crippen LogP contribution is -2.01. The second kappa shape index (κ2) is 9.15. The maximum absolute atomic E-state index is 10.7. The number of rotatable bonds is 7. The molecule has 0 amide bonds. The van der Waals surface area contributed by atoms with Crippen LogP contribution in [0.3, 0.4) is 0 Å². The molecule has 0 aliphatic rings. The van der Waals surface area contributed by atoms with Gasteiger partial charge in [-0.15, -0.1) is 0 Å². The van der Waals surface area contributed by atoms with Gasteiger partial charge in [-0.25, -0.2) is 0 Å². The third-order valence-corrected chi connectivity index (χ3v) is 4.80. The Bertz CT molecular complexity index is 994. The number of nitro groups is 1. The van der Waals surface area contributed by atoms with Crippen LogP contribution in [-0.2, 0) is 13.2 Å². The number of nitro benzene ring substituents is 1. The van der Waals surface area contributed by atoms with Crippen molar-refractivity contribution in [3.8, 4) is 5.75 Å². The first-order valence-electron chi connectivity index (χ1n) is 8.26. The summed E-state index contributed by atoms with van der Waals surface area (Å²) in [6.07, 6.45) is 0. The topological polar surface area (TPSA) is 64.4 Å². The van der Waals surface area contributed by atoms with Crippen LogP contribution in [0.25, 0.3) is 0 Å². The molecule has 0 saturated carbocycles. The fourth-order valence-electron chi connectivity index (χ4n) is 2.48. The van der Waals surface area contributed by atoms with Gasteiger partial charge in [-0.2, -0.15) is 0 Å². The highest BCUT2D eigenvalue weighted by Crippen LogP contribution is 2.29. The van der Waals surface area contributed by atoms with Crippen LogP contribution in [0.15, 0.2) is 60.7 Å². The lowest BCUT2D eigenvalue weighted by atomic mass is 10.2. The van der Waals surface area contributed by atoms with E-state index >= 15 is 0 Å². The Morgan fingerprint density at radius 1 is 0.893 bits per heavy atom. The molecule has 0 radical (unpaired) electrons. The molecule has 3 aromatic carbocycles. The number of hydrogen-bond donors (Lipinski definition) is 1. The number of nitrogens with one attached hydrogen (secondary N) is 1. The molecule has 0 atom stereocenters. The van der Waals surface area contributed by atoms with E-state index in [4.69, 9.17) is 39.5 Å². The minimum Gasteiger partial charge on any atom is -0.487 e. The molecule has 0 saturated heterocycles. The Morgan fingerprint density at radius 3 is 2.25 bits per heavy atom. The van der Waals surface area contributed by atoms with E-state index in [0.717, 1.165) is 16.8 Å². The molecule has 8 heteroatoms. The third-order valence-electron chi connectivity index (χ3n) is 3.95. The number of benzene rings is 3. The van der Waals surface area contributed by atoms with Crippen LogP contribution < -0.4 is 10.1 Å². The van der Waals surface area contributed by atoms with Crippen molar-refractivity contribution in [3.63, 3.8) is 0 Å². The lowest BCUT2D eigenvalue weighted by Gasteiger charge is -2.12. The summed E-state index contributed by atoms with van der Waals surface area (Å²) in [4.78, 5) is 10.2. The zero-order chi connectivity index (χ0) is 20.1. The molecule has 3 rings (SSSR count). The molecule has 0 heterocycles. The highest BCUT2D eigenvalue weighted by molar-refractivity contribution is 6.36. The molecule has 28 heavy (non-hydrogen) atoms. The quantitative estimate of drug-likeness (QED) is 0.328. The molecule has 0 aliphatic carbocycles. The maximum atomic E-state index is 10.7. The fraction of sp³-hybridized carbons (Fsp3) is 0.100. The van der Waals surface area contributed by atoms with Crippen molar-refractivity contribution < 1.29 is 9.66 Å². The van der Waals surface area contributed by atoms with E-state index < -0.39 is 4.92 Å². The molecular formula is C20H15Cl3N2O3. The summed E-state index contributed by atoms with van der Waals surface area (Å²) in [6.45, 7) is 0.791. The third kappa shape index (κ3) is 5.29. The van der Waals surface area contributed by atoms with Crippen LogP contribution in [0.5, 0.6) is 5.75 Å². The minimum absolute atomic E-state index is 0.0411. The Labute approximate surface area is 177 Å². The molecule has 1 N–H and O–H groups in total. The highest BCUT2D eigenvalue weighted by Gasteiger charge is 2.07. The Balaban J connectivity index is 1.59. The summed E-state index contributed by atoms with van der Waals surface area (Å²) in [5.74, 6) is 0.535. The zero-order valence-corrected chi connectivity index (χ0v) is 16.8. The molecule has 144 valence electrons. The summed E-state index contributed by atoms with van der Waals surface area (Å²) in [7, 11) is 0. The first kappa shape index (κ1) is 20.3. The zero-order valence-electron chi connectivity index (χ0n) is 14.5. The molecule has 0 bridgehead atoms. The van der Waals surface area contributed by atoms with Gasteiger partial charge in [-0.3, -0.25) is 10.1 Å². The highest BCUT2D eigenvalue weighted by atomic mass is 35.5. The average molecular weight is 438 g/mol. The van der Waals surface area contributed by atoms with Gasteiger partial charge < -0.3 is 10.1 Å². The van der Waals surface area contributed by atoms with Gasteiger partial charge in [0.25, 0.3) is 5.69 Å². The lowest BCUT2D eigenvalue weighted by molar-refractivity contribution is -0.384. The normalized spacial score (nSPS) is 10.5. The van der Waals surface area contributed by atoms with Crippen LogP contribution >= 0.6 is 34.8 Å². The summed E-state index contributed by atoms with van der Waals surface area (Å²) < 4.78 is 5.72. The van der Waals surface area contributed by atoms with Gasteiger partial charge >= 0.3 is 0 Å². The Kier molecular flexibility index (Phi) is 6.62. The molecule has 0 aromatic heterocycles. The average Bonchev–Trinajstić information content (AvgIpc) is 2.67. The van der Waals surface area contributed by atoms with Crippen LogP contribution in [0.4, 0.5) is 11.4 Å². The van der Waals surface area contributed by atoms with Crippen LogP contribution in [0.1, 0.15) is 11.1 Å². The van der Waals surface area contributed by atoms with Gasteiger partial charge in [0.05, 0.1) is 20.7 Å². The number of hydrogen-bond acceptors (Lipinski definition) is 4. The number of anilines is 1. The number of nitrogens with zero attached hydrogens (tertiary/aromatic N) is 1. The second-order valence-electron chi connectivity index (χ2n) is 5.95. The molecule has 0 fully saturated rings. The van der Waals surface area contributed by atoms with Gasteiger partial charge in [0, 0.05) is 23.7 Å². The predicted octanol–water partition coefficient (Wildman–Crippen LogP) is 6.75. The molecular weight excluding hydrogens is 423 g/mol. The van der Waals surface area contributed by atoms with Gasteiger partial charge in [0.15, 0.2) is 0 Å². The molecule has 0 aliphatic heterocycles. The van der Waals surface area contributed by atoms with Gasteiger partial charge in [-0.1, -0.05) is 40.9 Å². The van der Waals surface area contributed by atoms with E-state index in [1.165, 1.54) is 12.1 Å². The van der Waals surface area contributed by atoms with Crippen LogP contribution in [0, 0.1) is 10.1 Å². The van der Waals surface area contributed by atoms with E-state index in [2.05, 4.69) is 5.32 Å². The molecule has 0 spiro atoms. The molecule has 5 nitrogen and oxygen atoms in total. The van der Waals surface area contributed by atoms with Crippen molar-refractivity contribution in [1.82, 2.24) is 0 Å². The van der Waals surface area contributed by atoms with E-state index in [1.807, 2.05) is 18.2 Å². The van der Waals surface area contributed by atoms with Crippen LogP contribution in [-0.4, -0.2) is 4.92 Å². The van der Waals surface area contributed by atoms with Gasteiger partial charge in [-0.05, 0) is 53.6 Å². The number of halogens is 3. The monoisotopic (exact) mass is 436 g/mol. The number of ether oxygens (including phenoxy) is 1. The van der Waals surface area contributed by atoms with E-state index in [9.17, 15) is 10.1 Å². The summed E-state index contributed by atoms with van der Waals surface area (Å²) >= 11 is 18.4. The largest absolute Gasteiger partial charge is 0.487 e. The molecule has 3 aromatic rings. The van der Waals surface area contributed by atoms with E-state index in [0.29, 0.717) is 27.4 Å². The van der Waals surface area contributed by atoms with Crippen molar-refractivity contribution in [2.75, 3.05) is 5.32 Å². The maximum Gasteiger partial charge on any atom is 0.269 e. The van der Waals surface area contributed by atoms with Crippen molar-refractivity contribution in [1.29, 1.82) is 0 Å². The molecule has 0 unspecified atom stereocenters. The smallest absolute Gasteiger partial charge is 0.269 e. The van der Waals surface area contributed by atoms with Crippen LogP contribution in [0.2, 0.25) is 15.1 Å². The summed E-state index contributed by atoms with van der Waals surface area (Å²) in [5.41, 5.74) is 2.59. The van der Waals surface area contributed by atoms with Crippen molar-refractivity contribution in [2.24, 2.45) is 0 Å². The SMILES string of the molecule is O=[N+]([O-])c1ccc(COc2ccc(CNc3ccc(Cl)cc3Cl)cc2Cl)cc1. The van der Waals surface area contributed by atoms with Crippen molar-refractivity contribution in [2.45, 2.75) is 13.2 Å². The first-order chi connectivity index (χ1) is 13.4. The van der Waals surface area contributed by atoms with E-state index in [1.54, 1.807) is 30.3 Å². The Hall–Kier alpha value is -2.47. The van der Waals surface area contributed by atoms with Gasteiger partial charge in [0.2, 0.25) is 0 Å². The minimum atomic E-state index is -0.439. The van der Waals surface area contributed by atoms with Gasteiger partial charge in [0.1, 0.15) is 12.4 Å². The number of non-ortho nitro benzene ring substituents is 1. The standard InChI is InChI=1S/C20H15Cl3N2O3/c21-15-4-7-19(17(22)10-15)24-11-14-3-8-20(18(23)9-14)28-12-13-1-5-16(6-2-13)25(26)27/h1-10,24H,11-12H2.